The van der Waals surface area contributed by atoms with Crippen molar-refractivity contribution in [3.8, 4) is 12.3 Å². The van der Waals surface area contributed by atoms with Gasteiger partial charge in [0, 0.05) is 11.3 Å². The number of nitrogens with one attached hydrogen (secondary N) is 2. The summed E-state index contributed by atoms with van der Waals surface area (Å²) < 4.78 is 0. The first-order chi connectivity index (χ1) is 8.15. The van der Waals surface area contributed by atoms with Crippen molar-refractivity contribution in [3.05, 3.63) is 29.8 Å². The molecule has 1 rings (SSSR count). The minimum atomic E-state index is -0.390. The van der Waals surface area contributed by atoms with Gasteiger partial charge in [-0.05, 0) is 18.2 Å². The van der Waals surface area contributed by atoms with Gasteiger partial charge in [0.15, 0.2) is 0 Å². The Bertz CT molecular complexity index is 466. The van der Waals surface area contributed by atoms with Crippen LogP contribution in [0.15, 0.2) is 24.3 Å². The third kappa shape index (κ3) is 4.58. The fourth-order valence-corrected chi connectivity index (χ4v) is 1.21. The molecular weight excluding hydrogens is 240 g/mol. The molecule has 2 N–H and O–H groups in total. The van der Waals surface area contributed by atoms with Gasteiger partial charge in [-0.2, -0.15) is 0 Å². The van der Waals surface area contributed by atoms with Crippen molar-refractivity contribution in [3.63, 3.8) is 0 Å². The second-order valence-electron chi connectivity index (χ2n) is 3.18. The van der Waals surface area contributed by atoms with E-state index in [-0.39, 0.29) is 24.2 Å². The van der Waals surface area contributed by atoms with E-state index in [1.54, 1.807) is 24.3 Å². The molecule has 1 aromatic carbocycles. The summed E-state index contributed by atoms with van der Waals surface area (Å²) in [5, 5.41) is 4.96. The lowest BCUT2D eigenvalue weighted by molar-refractivity contribution is -0.122. The second-order valence-corrected chi connectivity index (χ2v) is 3.45. The van der Waals surface area contributed by atoms with Crippen LogP contribution in [-0.4, -0.2) is 24.2 Å². The molecule has 0 heterocycles. The lowest BCUT2D eigenvalue weighted by atomic mass is 10.2. The molecule has 0 atom stereocenters. The zero-order chi connectivity index (χ0) is 12.7. The van der Waals surface area contributed by atoms with Crippen LogP contribution in [0.3, 0.4) is 0 Å². The highest BCUT2D eigenvalue weighted by molar-refractivity contribution is 6.27. The molecule has 0 aromatic heterocycles. The van der Waals surface area contributed by atoms with Crippen LogP contribution in [0.2, 0.25) is 0 Å². The summed E-state index contributed by atoms with van der Waals surface area (Å²) in [7, 11) is 0. The number of anilines is 1. The summed E-state index contributed by atoms with van der Waals surface area (Å²) in [6.07, 6.45) is 5.23. The predicted molar refractivity (Wildman–Crippen MR) is 66.7 cm³/mol. The Balaban J connectivity index is 2.51. The molecule has 0 bridgehead atoms. The van der Waals surface area contributed by atoms with Gasteiger partial charge in [-0.1, -0.05) is 12.0 Å². The van der Waals surface area contributed by atoms with Crippen molar-refractivity contribution >= 4 is 29.1 Å². The van der Waals surface area contributed by atoms with E-state index in [1.807, 2.05) is 0 Å². The van der Waals surface area contributed by atoms with Gasteiger partial charge in [0.05, 0.1) is 6.54 Å². The van der Waals surface area contributed by atoms with Crippen LogP contribution >= 0.6 is 11.6 Å². The standard InChI is InChI=1S/C12H11ClN2O2/c1-2-9-4-3-5-10(6-9)15-12(17)8-14-11(16)7-13/h1,3-6H,7-8H2,(H,14,16)(H,15,17). The van der Waals surface area contributed by atoms with Crippen LogP contribution in [0.25, 0.3) is 0 Å². The van der Waals surface area contributed by atoms with Crippen molar-refractivity contribution in [1.29, 1.82) is 0 Å². The Hall–Kier alpha value is -1.99. The van der Waals surface area contributed by atoms with Gasteiger partial charge < -0.3 is 10.6 Å². The molecule has 0 aliphatic heterocycles. The maximum absolute atomic E-state index is 11.4. The van der Waals surface area contributed by atoms with Crippen molar-refractivity contribution in [1.82, 2.24) is 5.32 Å². The predicted octanol–water partition coefficient (Wildman–Crippen LogP) is 0.961. The Morgan fingerprint density at radius 2 is 2.12 bits per heavy atom. The summed E-state index contributed by atoms with van der Waals surface area (Å²) >= 11 is 5.27. The topological polar surface area (TPSA) is 58.2 Å². The first-order valence-corrected chi connectivity index (χ1v) is 5.38. The Kier molecular flexibility index (Phi) is 5.05. The maximum Gasteiger partial charge on any atom is 0.243 e. The molecular formula is C12H11ClN2O2. The molecule has 2 amide bonds. The Labute approximate surface area is 104 Å². The van der Waals surface area contributed by atoms with Crippen LogP contribution in [-0.2, 0) is 9.59 Å². The SMILES string of the molecule is C#Cc1cccc(NC(=O)CNC(=O)CCl)c1. The van der Waals surface area contributed by atoms with Crippen molar-refractivity contribution in [2.45, 2.75) is 0 Å². The molecule has 0 unspecified atom stereocenters. The highest BCUT2D eigenvalue weighted by Crippen LogP contribution is 2.09. The van der Waals surface area contributed by atoms with Gasteiger partial charge in [0.2, 0.25) is 11.8 Å². The molecule has 4 nitrogen and oxygen atoms in total. The molecule has 88 valence electrons. The number of hydrogen-bond acceptors (Lipinski definition) is 2. The summed E-state index contributed by atoms with van der Waals surface area (Å²) in [4.78, 5) is 22.2. The minimum Gasteiger partial charge on any atom is -0.346 e. The molecule has 0 spiro atoms. The van der Waals surface area contributed by atoms with Gasteiger partial charge in [-0.15, -0.1) is 18.0 Å². The van der Waals surface area contributed by atoms with E-state index in [0.29, 0.717) is 11.3 Å². The molecule has 5 heteroatoms. The van der Waals surface area contributed by atoms with Gasteiger partial charge >= 0.3 is 0 Å². The minimum absolute atomic E-state index is 0.119. The Morgan fingerprint density at radius 3 is 2.76 bits per heavy atom. The molecule has 17 heavy (non-hydrogen) atoms. The molecule has 0 saturated heterocycles. The number of carbonyl (C=O) groups excluding carboxylic acids is 2. The average molecular weight is 251 g/mol. The number of halogens is 1. The van der Waals surface area contributed by atoms with Crippen molar-refractivity contribution < 1.29 is 9.59 Å². The monoisotopic (exact) mass is 250 g/mol. The van der Waals surface area contributed by atoms with E-state index in [0.717, 1.165) is 0 Å². The van der Waals surface area contributed by atoms with Crippen LogP contribution in [0.5, 0.6) is 0 Å². The van der Waals surface area contributed by atoms with Gasteiger partial charge in [-0.3, -0.25) is 9.59 Å². The zero-order valence-corrected chi connectivity index (χ0v) is 9.75. The molecule has 0 radical (unpaired) electrons. The average Bonchev–Trinajstić information content (AvgIpc) is 2.36. The lowest BCUT2D eigenvalue weighted by Crippen LogP contribution is -2.33. The summed E-state index contributed by atoms with van der Waals surface area (Å²) in [6.45, 7) is -0.119. The fourth-order valence-electron chi connectivity index (χ4n) is 1.12. The molecule has 1 aromatic rings. The number of benzene rings is 1. The van der Waals surface area contributed by atoms with E-state index in [2.05, 4.69) is 16.6 Å². The third-order valence-corrected chi connectivity index (χ3v) is 2.12. The van der Waals surface area contributed by atoms with Crippen molar-refractivity contribution in [2.24, 2.45) is 0 Å². The Morgan fingerprint density at radius 1 is 1.35 bits per heavy atom. The number of carbonyl (C=O) groups is 2. The second kappa shape index (κ2) is 6.56. The van der Waals surface area contributed by atoms with E-state index in [1.165, 1.54) is 0 Å². The normalized spacial score (nSPS) is 9.18. The van der Waals surface area contributed by atoms with Gasteiger partial charge in [0.25, 0.3) is 0 Å². The number of rotatable bonds is 4. The van der Waals surface area contributed by atoms with Crippen molar-refractivity contribution in [2.75, 3.05) is 17.7 Å². The van der Waals surface area contributed by atoms with E-state index in [4.69, 9.17) is 18.0 Å². The van der Waals surface area contributed by atoms with E-state index >= 15 is 0 Å². The number of terminal acetylenes is 1. The van der Waals surface area contributed by atoms with Crippen LogP contribution in [0.4, 0.5) is 5.69 Å². The van der Waals surface area contributed by atoms with E-state index < -0.39 is 0 Å². The number of alkyl halides is 1. The first kappa shape index (κ1) is 13.1. The lowest BCUT2D eigenvalue weighted by Gasteiger charge is -2.06. The van der Waals surface area contributed by atoms with Crippen LogP contribution < -0.4 is 10.6 Å². The summed E-state index contributed by atoms with van der Waals surface area (Å²) in [5.41, 5.74) is 1.26. The highest BCUT2D eigenvalue weighted by Gasteiger charge is 2.04. The summed E-state index contributed by atoms with van der Waals surface area (Å²) in [6, 6.07) is 6.87. The van der Waals surface area contributed by atoms with Gasteiger partial charge in [0.1, 0.15) is 5.88 Å². The van der Waals surface area contributed by atoms with Crippen LogP contribution in [0.1, 0.15) is 5.56 Å². The fraction of sp³-hybridized carbons (Fsp3) is 0.167. The third-order valence-electron chi connectivity index (χ3n) is 1.88. The number of amides is 2. The summed E-state index contributed by atoms with van der Waals surface area (Å²) in [5.74, 6) is 1.57. The molecule has 0 saturated carbocycles. The zero-order valence-electron chi connectivity index (χ0n) is 9.00. The number of hydrogen-bond donors (Lipinski definition) is 2. The van der Waals surface area contributed by atoms with Crippen LogP contribution in [0, 0.1) is 12.3 Å². The molecule has 0 aliphatic carbocycles. The van der Waals surface area contributed by atoms with E-state index in [9.17, 15) is 9.59 Å². The largest absolute Gasteiger partial charge is 0.346 e. The smallest absolute Gasteiger partial charge is 0.243 e. The van der Waals surface area contributed by atoms with Gasteiger partial charge in [-0.25, -0.2) is 0 Å². The molecule has 0 fully saturated rings. The first-order valence-electron chi connectivity index (χ1n) is 4.85. The highest BCUT2D eigenvalue weighted by atomic mass is 35.5. The maximum atomic E-state index is 11.4. The molecule has 0 aliphatic rings. The quantitative estimate of drug-likeness (QED) is 0.618.